The predicted octanol–water partition coefficient (Wildman–Crippen LogP) is 1.65. The lowest BCUT2D eigenvalue weighted by molar-refractivity contribution is -0.149. The minimum absolute atomic E-state index is 0.101. The SMILES string of the molecule is CC1CCC(CCCO)(C(=O)O)C1. The van der Waals surface area contributed by atoms with Crippen LogP contribution in [-0.2, 0) is 4.79 Å². The zero-order chi connectivity index (χ0) is 9.90. The Balaban J connectivity index is 2.60. The molecule has 2 unspecified atom stereocenters. The van der Waals surface area contributed by atoms with Gasteiger partial charge in [-0.15, -0.1) is 0 Å². The number of carboxylic acid groups (broad SMARTS) is 1. The maximum absolute atomic E-state index is 11.1. The first-order valence-corrected chi connectivity index (χ1v) is 4.95. The molecule has 1 fully saturated rings. The van der Waals surface area contributed by atoms with Gasteiger partial charge in [-0.1, -0.05) is 6.92 Å². The molecule has 0 radical (unpaired) electrons. The number of carbonyl (C=O) groups is 1. The highest BCUT2D eigenvalue weighted by molar-refractivity contribution is 5.75. The number of aliphatic hydroxyl groups excluding tert-OH is 1. The lowest BCUT2D eigenvalue weighted by Crippen LogP contribution is -2.28. The Morgan fingerprint density at radius 1 is 1.62 bits per heavy atom. The quantitative estimate of drug-likeness (QED) is 0.701. The maximum Gasteiger partial charge on any atom is 0.309 e. The van der Waals surface area contributed by atoms with Gasteiger partial charge in [0.15, 0.2) is 0 Å². The van der Waals surface area contributed by atoms with E-state index in [4.69, 9.17) is 10.2 Å². The molecule has 1 saturated carbocycles. The molecule has 0 heterocycles. The summed E-state index contributed by atoms with van der Waals surface area (Å²) < 4.78 is 0. The van der Waals surface area contributed by atoms with Crippen molar-refractivity contribution >= 4 is 5.97 Å². The summed E-state index contributed by atoms with van der Waals surface area (Å²) in [6, 6.07) is 0. The van der Waals surface area contributed by atoms with Gasteiger partial charge >= 0.3 is 5.97 Å². The smallest absolute Gasteiger partial charge is 0.309 e. The number of hydrogen-bond donors (Lipinski definition) is 2. The number of aliphatic hydroxyl groups is 1. The Morgan fingerprint density at radius 3 is 2.69 bits per heavy atom. The van der Waals surface area contributed by atoms with Crippen LogP contribution in [0.5, 0.6) is 0 Å². The first-order chi connectivity index (χ1) is 6.10. The van der Waals surface area contributed by atoms with E-state index in [2.05, 4.69) is 6.92 Å². The van der Waals surface area contributed by atoms with Crippen LogP contribution in [-0.4, -0.2) is 22.8 Å². The Bertz CT molecular complexity index is 191. The van der Waals surface area contributed by atoms with Crippen LogP contribution in [0, 0.1) is 11.3 Å². The van der Waals surface area contributed by atoms with E-state index in [1.807, 2.05) is 0 Å². The van der Waals surface area contributed by atoms with Crippen LogP contribution in [0.25, 0.3) is 0 Å². The minimum Gasteiger partial charge on any atom is -0.481 e. The molecular formula is C10H18O3. The van der Waals surface area contributed by atoms with Crippen molar-refractivity contribution in [2.24, 2.45) is 11.3 Å². The Labute approximate surface area is 78.8 Å². The summed E-state index contributed by atoms with van der Waals surface area (Å²) in [5, 5.41) is 17.8. The van der Waals surface area contributed by atoms with E-state index in [-0.39, 0.29) is 6.61 Å². The molecule has 76 valence electrons. The van der Waals surface area contributed by atoms with E-state index < -0.39 is 11.4 Å². The van der Waals surface area contributed by atoms with Crippen LogP contribution >= 0.6 is 0 Å². The average Bonchev–Trinajstić information content (AvgIpc) is 2.45. The standard InChI is InChI=1S/C10H18O3/c1-8-3-5-10(7-8,9(12)13)4-2-6-11/h8,11H,2-7H2,1H3,(H,12,13). The molecule has 1 aliphatic rings. The van der Waals surface area contributed by atoms with Crippen molar-refractivity contribution in [3.8, 4) is 0 Å². The van der Waals surface area contributed by atoms with Crippen LogP contribution in [0.15, 0.2) is 0 Å². The van der Waals surface area contributed by atoms with Gasteiger partial charge in [-0.3, -0.25) is 4.79 Å². The third kappa shape index (κ3) is 2.21. The van der Waals surface area contributed by atoms with E-state index in [1.54, 1.807) is 0 Å². The van der Waals surface area contributed by atoms with Gasteiger partial charge in [0.05, 0.1) is 5.41 Å². The molecule has 3 heteroatoms. The molecule has 0 spiro atoms. The van der Waals surface area contributed by atoms with E-state index in [1.165, 1.54) is 0 Å². The summed E-state index contributed by atoms with van der Waals surface area (Å²) in [5.41, 5.74) is -0.526. The lowest BCUT2D eigenvalue weighted by Gasteiger charge is -2.23. The molecule has 1 aliphatic carbocycles. The third-order valence-corrected chi connectivity index (χ3v) is 3.12. The van der Waals surface area contributed by atoms with Gasteiger partial charge < -0.3 is 10.2 Å². The van der Waals surface area contributed by atoms with Gasteiger partial charge in [0, 0.05) is 6.61 Å². The minimum atomic E-state index is -0.676. The summed E-state index contributed by atoms with van der Waals surface area (Å²) in [4.78, 5) is 11.1. The average molecular weight is 186 g/mol. The van der Waals surface area contributed by atoms with Crippen LogP contribution in [0.1, 0.15) is 39.0 Å². The second kappa shape index (κ2) is 4.09. The summed E-state index contributed by atoms with van der Waals surface area (Å²) in [6.07, 6.45) is 3.81. The number of hydrogen-bond acceptors (Lipinski definition) is 2. The largest absolute Gasteiger partial charge is 0.481 e. The fourth-order valence-corrected chi connectivity index (χ4v) is 2.34. The zero-order valence-corrected chi connectivity index (χ0v) is 8.12. The summed E-state index contributed by atoms with van der Waals surface area (Å²) in [6.45, 7) is 2.20. The van der Waals surface area contributed by atoms with Gasteiger partial charge in [0.25, 0.3) is 0 Å². The van der Waals surface area contributed by atoms with E-state index in [0.717, 1.165) is 19.3 Å². The highest BCUT2D eigenvalue weighted by atomic mass is 16.4. The second-order valence-corrected chi connectivity index (χ2v) is 4.26. The highest BCUT2D eigenvalue weighted by Crippen LogP contribution is 2.45. The van der Waals surface area contributed by atoms with Crippen LogP contribution in [0.2, 0.25) is 0 Å². The molecule has 2 N–H and O–H groups in total. The molecule has 1 rings (SSSR count). The molecular weight excluding hydrogens is 168 g/mol. The summed E-state index contributed by atoms with van der Waals surface area (Å²) in [5.74, 6) is -0.153. The molecule has 0 aromatic heterocycles. The predicted molar refractivity (Wildman–Crippen MR) is 49.4 cm³/mol. The fourth-order valence-electron chi connectivity index (χ4n) is 2.34. The Hall–Kier alpha value is -0.570. The van der Waals surface area contributed by atoms with Crippen molar-refractivity contribution in [3.63, 3.8) is 0 Å². The molecule has 0 aromatic carbocycles. The first-order valence-electron chi connectivity index (χ1n) is 4.95. The number of aliphatic carboxylic acids is 1. The lowest BCUT2D eigenvalue weighted by atomic mass is 9.81. The summed E-state index contributed by atoms with van der Waals surface area (Å²) >= 11 is 0. The highest BCUT2D eigenvalue weighted by Gasteiger charge is 2.43. The van der Waals surface area contributed by atoms with Crippen LogP contribution < -0.4 is 0 Å². The molecule has 0 aliphatic heterocycles. The molecule has 2 atom stereocenters. The molecule has 0 bridgehead atoms. The summed E-state index contributed by atoms with van der Waals surface area (Å²) in [7, 11) is 0. The second-order valence-electron chi connectivity index (χ2n) is 4.26. The van der Waals surface area contributed by atoms with Crippen molar-refractivity contribution < 1.29 is 15.0 Å². The van der Waals surface area contributed by atoms with E-state index in [9.17, 15) is 4.79 Å². The van der Waals surface area contributed by atoms with Crippen molar-refractivity contribution in [1.82, 2.24) is 0 Å². The van der Waals surface area contributed by atoms with Crippen LogP contribution in [0.3, 0.4) is 0 Å². The monoisotopic (exact) mass is 186 g/mol. The van der Waals surface area contributed by atoms with Gasteiger partial charge in [-0.05, 0) is 38.0 Å². The van der Waals surface area contributed by atoms with Gasteiger partial charge in [-0.25, -0.2) is 0 Å². The van der Waals surface area contributed by atoms with Gasteiger partial charge in [0.1, 0.15) is 0 Å². The topological polar surface area (TPSA) is 57.5 Å². The maximum atomic E-state index is 11.1. The van der Waals surface area contributed by atoms with E-state index in [0.29, 0.717) is 18.8 Å². The number of rotatable bonds is 4. The van der Waals surface area contributed by atoms with Crippen molar-refractivity contribution in [1.29, 1.82) is 0 Å². The molecule has 13 heavy (non-hydrogen) atoms. The van der Waals surface area contributed by atoms with Crippen molar-refractivity contribution in [2.75, 3.05) is 6.61 Å². The zero-order valence-electron chi connectivity index (χ0n) is 8.12. The van der Waals surface area contributed by atoms with Crippen molar-refractivity contribution in [2.45, 2.75) is 39.0 Å². The fraction of sp³-hybridized carbons (Fsp3) is 0.900. The Morgan fingerprint density at radius 2 is 2.31 bits per heavy atom. The molecule has 0 aromatic rings. The van der Waals surface area contributed by atoms with Crippen LogP contribution in [0.4, 0.5) is 0 Å². The Kier molecular flexibility index (Phi) is 3.31. The molecule has 0 amide bonds. The molecule has 0 saturated heterocycles. The normalized spacial score (nSPS) is 33.5. The van der Waals surface area contributed by atoms with E-state index >= 15 is 0 Å². The number of carboxylic acids is 1. The van der Waals surface area contributed by atoms with Gasteiger partial charge in [-0.2, -0.15) is 0 Å². The van der Waals surface area contributed by atoms with Gasteiger partial charge in [0.2, 0.25) is 0 Å². The first kappa shape index (κ1) is 10.5. The van der Waals surface area contributed by atoms with Crippen molar-refractivity contribution in [3.05, 3.63) is 0 Å². The third-order valence-electron chi connectivity index (χ3n) is 3.12. The molecule has 3 nitrogen and oxygen atoms in total.